The highest BCUT2D eigenvalue weighted by Gasteiger charge is 2.24. The standard InChI is InChI=1S/C12H17N3O4/c1-12(2,11(13)16)14-7-8-4-5-10(19-3)9(6-8)15(17)18/h4-6,14H,7H2,1-3H3,(H2,13,16). The number of ether oxygens (including phenoxy) is 1. The first-order valence-electron chi connectivity index (χ1n) is 5.64. The number of amides is 1. The Balaban J connectivity index is 2.89. The molecule has 0 fully saturated rings. The van der Waals surface area contributed by atoms with Crippen LogP contribution in [0.25, 0.3) is 0 Å². The van der Waals surface area contributed by atoms with E-state index in [1.165, 1.54) is 19.2 Å². The van der Waals surface area contributed by atoms with Crippen LogP contribution in [0.1, 0.15) is 19.4 Å². The molecule has 1 aromatic carbocycles. The summed E-state index contributed by atoms with van der Waals surface area (Å²) in [6.07, 6.45) is 0. The monoisotopic (exact) mass is 267 g/mol. The second-order valence-electron chi connectivity index (χ2n) is 4.61. The van der Waals surface area contributed by atoms with Gasteiger partial charge in [0.1, 0.15) is 0 Å². The molecule has 0 aromatic heterocycles. The molecule has 0 atom stereocenters. The van der Waals surface area contributed by atoms with Crippen molar-refractivity contribution in [3.05, 3.63) is 33.9 Å². The van der Waals surface area contributed by atoms with Crippen molar-refractivity contribution in [3.8, 4) is 5.75 Å². The third-order valence-electron chi connectivity index (χ3n) is 2.79. The third-order valence-corrected chi connectivity index (χ3v) is 2.79. The predicted molar refractivity (Wildman–Crippen MR) is 69.8 cm³/mol. The number of methoxy groups -OCH3 is 1. The number of hydrogen-bond donors (Lipinski definition) is 2. The molecule has 19 heavy (non-hydrogen) atoms. The SMILES string of the molecule is COc1ccc(CNC(C)(C)C(N)=O)cc1[N+](=O)[O-]. The van der Waals surface area contributed by atoms with Crippen LogP contribution in [0.4, 0.5) is 5.69 Å². The lowest BCUT2D eigenvalue weighted by Crippen LogP contribution is -2.50. The van der Waals surface area contributed by atoms with Crippen LogP contribution in [0.2, 0.25) is 0 Å². The number of nitrogens with zero attached hydrogens (tertiary/aromatic N) is 1. The minimum Gasteiger partial charge on any atom is -0.490 e. The van der Waals surface area contributed by atoms with E-state index >= 15 is 0 Å². The Morgan fingerprint density at radius 2 is 2.16 bits per heavy atom. The number of primary amides is 1. The van der Waals surface area contributed by atoms with Crippen molar-refractivity contribution in [1.29, 1.82) is 0 Å². The van der Waals surface area contributed by atoms with Crippen molar-refractivity contribution in [2.75, 3.05) is 7.11 Å². The van der Waals surface area contributed by atoms with E-state index in [1.807, 2.05) is 0 Å². The molecule has 7 nitrogen and oxygen atoms in total. The average molecular weight is 267 g/mol. The Labute approximate surface area is 110 Å². The zero-order valence-electron chi connectivity index (χ0n) is 11.1. The molecular formula is C12H17N3O4. The second kappa shape index (κ2) is 5.66. The minimum absolute atomic E-state index is 0.112. The number of carbonyl (C=O) groups is 1. The maximum absolute atomic E-state index is 11.1. The molecule has 0 radical (unpaired) electrons. The summed E-state index contributed by atoms with van der Waals surface area (Å²) in [5.41, 5.74) is 4.90. The molecule has 7 heteroatoms. The van der Waals surface area contributed by atoms with Crippen LogP contribution in [0.3, 0.4) is 0 Å². The predicted octanol–water partition coefficient (Wildman–Crippen LogP) is 0.957. The average Bonchev–Trinajstić information content (AvgIpc) is 2.35. The summed E-state index contributed by atoms with van der Waals surface area (Å²) >= 11 is 0. The number of nitrogens with one attached hydrogen (secondary N) is 1. The maximum atomic E-state index is 11.1. The fourth-order valence-electron chi connectivity index (χ4n) is 1.40. The Morgan fingerprint density at radius 3 is 2.63 bits per heavy atom. The van der Waals surface area contributed by atoms with E-state index in [4.69, 9.17) is 10.5 Å². The third kappa shape index (κ3) is 3.65. The Bertz CT molecular complexity index is 500. The molecule has 1 amide bonds. The van der Waals surface area contributed by atoms with Gasteiger partial charge < -0.3 is 10.5 Å². The smallest absolute Gasteiger partial charge is 0.311 e. The molecule has 0 saturated carbocycles. The van der Waals surface area contributed by atoms with Crippen molar-refractivity contribution in [2.24, 2.45) is 5.73 Å². The van der Waals surface area contributed by atoms with Crippen LogP contribution in [-0.4, -0.2) is 23.5 Å². The van der Waals surface area contributed by atoms with Gasteiger partial charge in [-0.15, -0.1) is 0 Å². The molecule has 0 aliphatic carbocycles. The summed E-state index contributed by atoms with van der Waals surface area (Å²) in [6.45, 7) is 3.58. The van der Waals surface area contributed by atoms with Gasteiger partial charge in [0.15, 0.2) is 5.75 Å². The van der Waals surface area contributed by atoms with Gasteiger partial charge in [-0.3, -0.25) is 20.2 Å². The molecule has 0 saturated heterocycles. The summed E-state index contributed by atoms with van der Waals surface area (Å²) < 4.78 is 4.91. The van der Waals surface area contributed by atoms with E-state index < -0.39 is 16.4 Å². The van der Waals surface area contributed by atoms with Gasteiger partial charge in [0.25, 0.3) is 0 Å². The van der Waals surface area contributed by atoms with Crippen LogP contribution in [0.5, 0.6) is 5.75 Å². The molecule has 0 spiro atoms. The van der Waals surface area contributed by atoms with Gasteiger partial charge in [-0.05, 0) is 25.5 Å². The van der Waals surface area contributed by atoms with E-state index in [0.29, 0.717) is 12.1 Å². The highest BCUT2D eigenvalue weighted by molar-refractivity contribution is 5.83. The van der Waals surface area contributed by atoms with Gasteiger partial charge in [-0.25, -0.2) is 0 Å². The quantitative estimate of drug-likeness (QED) is 0.589. The molecule has 0 unspecified atom stereocenters. The molecule has 0 heterocycles. The number of carbonyl (C=O) groups excluding carboxylic acids is 1. The molecule has 1 aromatic rings. The molecule has 0 aliphatic rings. The van der Waals surface area contributed by atoms with E-state index in [2.05, 4.69) is 5.32 Å². The van der Waals surface area contributed by atoms with Crippen LogP contribution in [0.15, 0.2) is 18.2 Å². The van der Waals surface area contributed by atoms with E-state index in [1.54, 1.807) is 19.9 Å². The van der Waals surface area contributed by atoms with Crippen molar-refractivity contribution in [3.63, 3.8) is 0 Å². The second-order valence-corrected chi connectivity index (χ2v) is 4.61. The van der Waals surface area contributed by atoms with E-state index in [0.717, 1.165) is 0 Å². The number of rotatable bonds is 6. The molecule has 3 N–H and O–H groups in total. The summed E-state index contributed by atoms with van der Waals surface area (Å²) in [4.78, 5) is 21.5. The summed E-state index contributed by atoms with van der Waals surface area (Å²) in [5, 5.41) is 13.8. The first-order chi connectivity index (χ1) is 8.77. The maximum Gasteiger partial charge on any atom is 0.311 e. The van der Waals surface area contributed by atoms with Gasteiger partial charge in [0.05, 0.1) is 17.6 Å². The van der Waals surface area contributed by atoms with Gasteiger partial charge >= 0.3 is 5.69 Å². The number of nitrogens with two attached hydrogens (primary N) is 1. The van der Waals surface area contributed by atoms with Crippen LogP contribution in [0, 0.1) is 10.1 Å². The summed E-state index contributed by atoms with van der Waals surface area (Å²) in [5.74, 6) is -0.293. The van der Waals surface area contributed by atoms with Gasteiger partial charge in [0, 0.05) is 12.6 Å². The highest BCUT2D eigenvalue weighted by atomic mass is 16.6. The van der Waals surface area contributed by atoms with Gasteiger partial charge in [0.2, 0.25) is 5.91 Å². The molecule has 0 bridgehead atoms. The largest absolute Gasteiger partial charge is 0.490 e. The molecule has 1 rings (SSSR count). The van der Waals surface area contributed by atoms with E-state index in [9.17, 15) is 14.9 Å². The molecule has 0 aliphatic heterocycles. The normalized spacial score (nSPS) is 11.1. The fourth-order valence-corrected chi connectivity index (χ4v) is 1.40. The minimum atomic E-state index is -0.880. The lowest BCUT2D eigenvalue weighted by Gasteiger charge is -2.22. The van der Waals surface area contributed by atoms with Crippen LogP contribution in [-0.2, 0) is 11.3 Å². The van der Waals surface area contributed by atoms with Crippen LogP contribution >= 0.6 is 0 Å². The van der Waals surface area contributed by atoms with Crippen LogP contribution < -0.4 is 15.8 Å². The van der Waals surface area contributed by atoms with Crippen molar-refractivity contribution in [1.82, 2.24) is 5.32 Å². The zero-order chi connectivity index (χ0) is 14.6. The summed E-state index contributed by atoms with van der Waals surface area (Å²) in [6, 6.07) is 4.62. The molecular weight excluding hydrogens is 250 g/mol. The first-order valence-corrected chi connectivity index (χ1v) is 5.64. The zero-order valence-corrected chi connectivity index (χ0v) is 11.1. The Kier molecular flexibility index (Phi) is 4.44. The topological polar surface area (TPSA) is 107 Å². The van der Waals surface area contributed by atoms with E-state index in [-0.39, 0.29) is 11.4 Å². The lowest BCUT2D eigenvalue weighted by molar-refractivity contribution is -0.385. The van der Waals surface area contributed by atoms with Gasteiger partial charge in [-0.1, -0.05) is 6.07 Å². The van der Waals surface area contributed by atoms with Crippen molar-refractivity contribution in [2.45, 2.75) is 25.9 Å². The van der Waals surface area contributed by atoms with Crippen molar-refractivity contribution >= 4 is 11.6 Å². The first kappa shape index (κ1) is 14.9. The Hall–Kier alpha value is -2.15. The van der Waals surface area contributed by atoms with Gasteiger partial charge in [-0.2, -0.15) is 0 Å². The number of hydrogen-bond acceptors (Lipinski definition) is 5. The molecule has 104 valence electrons. The lowest BCUT2D eigenvalue weighted by atomic mass is 10.0. The number of nitro benzene ring substituents is 1. The number of benzene rings is 1. The number of nitro groups is 1. The Morgan fingerprint density at radius 1 is 1.53 bits per heavy atom. The van der Waals surface area contributed by atoms with Crippen molar-refractivity contribution < 1.29 is 14.5 Å². The fraction of sp³-hybridized carbons (Fsp3) is 0.417. The highest BCUT2D eigenvalue weighted by Crippen LogP contribution is 2.27. The summed E-state index contributed by atoms with van der Waals surface area (Å²) in [7, 11) is 1.37.